The van der Waals surface area contributed by atoms with Gasteiger partial charge in [0.15, 0.2) is 0 Å². The minimum absolute atomic E-state index is 0. The number of likely N-dealkylation sites (N-methyl/N-ethyl adjacent to an activating group) is 1. The molecule has 0 aliphatic carbocycles. The fourth-order valence-corrected chi connectivity index (χ4v) is 1.35. The second kappa shape index (κ2) is 8.74. The van der Waals surface area contributed by atoms with Crippen molar-refractivity contribution in [2.75, 3.05) is 26.2 Å². The SMILES string of the molecule is Br.CCN(CC)CCOc1ccccc1. The molecule has 3 heteroatoms. The number of hydrogen-bond donors (Lipinski definition) is 0. The molecule has 1 aromatic rings. The second-order valence-electron chi connectivity index (χ2n) is 3.19. The largest absolute Gasteiger partial charge is 0.492 e. The van der Waals surface area contributed by atoms with Crippen LogP contribution in [0.15, 0.2) is 30.3 Å². The summed E-state index contributed by atoms with van der Waals surface area (Å²) >= 11 is 0. The molecule has 0 aromatic heterocycles. The zero-order valence-corrected chi connectivity index (χ0v) is 11.2. The summed E-state index contributed by atoms with van der Waals surface area (Å²) in [6.07, 6.45) is 0. The molecule has 2 nitrogen and oxygen atoms in total. The monoisotopic (exact) mass is 273 g/mol. The maximum atomic E-state index is 5.60. The lowest BCUT2D eigenvalue weighted by molar-refractivity contribution is 0.223. The minimum atomic E-state index is 0. The summed E-state index contributed by atoms with van der Waals surface area (Å²) < 4.78 is 5.60. The molecule has 0 saturated carbocycles. The Balaban J connectivity index is 0.00000196. The van der Waals surface area contributed by atoms with Crippen LogP contribution in [0.4, 0.5) is 0 Å². The third-order valence-electron chi connectivity index (χ3n) is 2.31. The Bertz CT molecular complexity index is 237. The van der Waals surface area contributed by atoms with Gasteiger partial charge in [-0.15, -0.1) is 17.0 Å². The fraction of sp³-hybridized carbons (Fsp3) is 0.500. The summed E-state index contributed by atoms with van der Waals surface area (Å²) in [5.74, 6) is 0.958. The molecule has 0 fully saturated rings. The number of nitrogens with zero attached hydrogens (tertiary/aromatic N) is 1. The van der Waals surface area contributed by atoms with Crippen molar-refractivity contribution in [2.24, 2.45) is 0 Å². The van der Waals surface area contributed by atoms with E-state index in [9.17, 15) is 0 Å². The van der Waals surface area contributed by atoms with Crippen molar-refractivity contribution in [2.45, 2.75) is 13.8 Å². The van der Waals surface area contributed by atoms with Crippen molar-refractivity contribution in [3.8, 4) is 5.75 Å². The highest BCUT2D eigenvalue weighted by Crippen LogP contribution is 2.07. The van der Waals surface area contributed by atoms with Crippen molar-refractivity contribution < 1.29 is 4.74 Å². The average molecular weight is 274 g/mol. The molecular formula is C12H20BrNO. The first-order valence-corrected chi connectivity index (χ1v) is 5.27. The molecule has 0 unspecified atom stereocenters. The number of benzene rings is 1. The van der Waals surface area contributed by atoms with E-state index in [0.717, 1.165) is 32.0 Å². The molecule has 0 amide bonds. The quantitative estimate of drug-likeness (QED) is 0.790. The van der Waals surface area contributed by atoms with E-state index >= 15 is 0 Å². The number of halogens is 1. The first kappa shape index (κ1) is 14.5. The fourth-order valence-electron chi connectivity index (χ4n) is 1.35. The van der Waals surface area contributed by atoms with E-state index in [2.05, 4.69) is 18.7 Å². The van der Waals surface area contributed by atoms with Gasteiger partial charge in [-0.05, 0) is 25.2 Å². The highest BCUT2D eigenvalue weighted by atomic mass is 79.9. The van der Waals surface area contributed by atoms with Crippen LogP contribution in [-0.4, -0.2) is 31.1 Å². The summed E-state index contributed by atoms with van der Waals surface area (Å²) in [7, 11) is 0. The van der Waals surface area contributed by atoms with Gasteiger partial charge in [-0.2, -0.15) is 0 Å². The molecule has 15 heavy (non-hydrogen) atoms. The minimum Gasteiger partial charge on any atom is -0.492 e. The molecule has 0 aliphatic rings. The Morgan fingerprint density at radius 3 is 2.20 bits per heavy atom. The Morgan fingerprint density at radius 2 is 1.67 bits per heavy atom. The lowest BCUT2D eigenvalue weighted by Gasteiger charge is -2.17. The number of ether oxygens (including phenoxy) is 1. The van der Waals surface area contributed by atoms with Gasteiger partial charge in [0, 0.05) is 6.54 Å². The summed E-state index contributed by atoms with van der Waals surface area (Å²) in [6, 6.07) is 9.96. The molecule has 0 aliphatic heterocycles. The molecule has 0 saturated heterocycles. The van der Waals surface area contributed by atoms with Gasteiger partial charge < -0.3 is 9.64 Å². The zero-order chi connectivity index (χ0) is 10.2. The van der Waals surface area contributed by atoms with Crippen LogP contribution < -0.4 is 4.74 Å². The molecule has 1 aromatic carbocycles. The smallest absolute Gasteiger partial charge is 0.119 e. The van der Waals surface area contributed by atoms with E-state index < -0.39 is 0 Å². The molecule has 0 atom stereocenters. The first-order chi connectivity index (χ1) is 6.86. The third kappa shape index (κ3) is 5.80. The maximum absolute atomic E-state index is 5.60. The summed E-state index contributed by atoms with van der Waals surface area (Å²) in [6.45, 7) is 8.30. The van der Waals surface area contributed by atoms with Crippen LogP contribution in [0.1, 0.15) is 13.8 Å². The standard InChI is InChI=1S/C12H19NO.BrH/c1-3-13(4-2)10-11-14-12-8-6-5-7-9-12;/h5-9H,3-4,10-11H2,1-2H3;1H. The molecule has 0 spiro atoms. The predicted molar refractivity (Wildman–Crippen MR) is 70.0 cm³/mol. The molecule has 0 bridgehead atoms. The number of hydrogen-bond acceptors (Lipinski definition) is 2. The summed E-state index contributed by atoms with van der Waals surface area (Å²) in [4.78, 5) is 2.35. The molecule has 1 rings (SSSR count). The zero-order valence-electron chi connectivity index (χ0n) is 9.48. The van der Waals surface area contributed by atoms with Gasteiger partial charge >= 0.3 is 0 Å². The second-order valence-corrected chi connectivity index (χ2v) is 3.19. The van der Waals surface area contributed by atoms with Crippen LogP contribution >= 0.6 is 17.0 Å². The van der Waals surface area contributed by atoms with Crippen LogP contribution in [-0.2, 0) is 0 Å². The van der Waals surface area contributed by atoms with Crippen molar-refractivity contribution in [3.63, 3.8) is 0 Å². The first-order valence-electron chi connectivity index (χ1n) is 5.27. The molecule has 0 N–H and O–H groups in total. The van der Waals surface area contributed by atoms with Crippen molar-refractivity contribution in [1.82, 2.24) is 4.90 Å². The van der Waals surface area contributed by atoms with Crippen molar-refractivity contribution >= 4 is 17.0 Å². The van der Waals surface area contributed by atoms with Crippen molar-refractivity contribution in [1.29, 1.82) is 0 Å². The third-order valence-corrected chi connectivity index (χ3v) is 2.31. The highest BCUT2D eigenvalue weighted by Gasteiger charge is 1.98. The lowest BCUT2D eigenvalue weighted by Crippen LogP contribution is -2.27. The summed E-state index contributed by atoms with van der Waals surface area (Å²) in [5, 5.41) is 0. The Labute approximate surface area is 103 Å². The normalized spacial score (nSPS) is 9.80. The Morgan fingerprint density at radius 1 is 1.07 bits per heavy atom. The van der Waals surface area contributed by atoms with Crippen molar-refractivity contribution in [3.05, 3.63) is 30.3 Å². The van der Waals surface area contributed by atoms with Crippen LogP contribution in [0.2, 0.25) is 0 Å². The predicted octanol–water partition coefficient (Wildman–Crippen LogP) is 2.99. The highest BCUT2D eigenvalue weighted by molar-refractivity contribution is 8.93. The van der Waals surface area contributed by atoms with E-state index in [0.29, 0.717) is 0 Å². The van der Waals surface area contributed by atoms with Gasteiger partial charge in [0.1, 0.15) is 12.4 Å². The van der Waals surface area contributed by atoms with E-state index in [-0.39, 0.29) is 17.0 Å². The van der Waals surface area contributed by atoms with Gasteiger partial charge in [0.25, 0.3) is 0 Å². The van der Waals surface area contributed by atoms with Gasteiger partial charge in [-0.1, -0.05) is 32.0 Å². The van der Waals surface area contributed by atoms with Crippen LogP contribution in [0.5, 0.6) is 5.75 Å². The van der Waals surface area contributed by atoms with Gasteiger partial charge in [0.2, 0.25) is 0 Å². The molecule has 86 valence electrons. The van der Waals surface area contributed by atoms with Gasteiger partial charge in [-0.3, -0.25) is 0 Å². The van der Waals surface area contributed by atoms with E-state index in [1.807, 2.05) is 30.3 Å². The van der Waals surface area contributed by atoms with E-state index in [4.69, 9.17) is 4.74 Å². The maximum Gasteiger partial charge on any atom is 0.119 e. The van der Waals surface area contributed by atoms with E-state index in [1.54, 1.807) is 0 Å². The Kier molecular flexibility index (Phi) is 8.43. The summed E-state index contributed by atoms with van der Waals surface area (Å²) in [5.41, 5.74) is 0. The van der Waals surface area contributed by atoms with Crippen LogP contribution in [0, 0.1) is 0 Å². The van der Waals surface area contributed by atoms with E-state index in [1.165, 1.54) is 0 Å². The lowest BCUT2D eigenvalue weighted by atomic mass is 10.3. The number of para-hydroxylation sites is 1. The van der Waals surface area contributed by atoms with Crippen LogP contribution in [0.3, 0.4) is 0 Å². The van der Waals surface area contributed by atoms with Crippen LogP contribution in [0.25, 0.3) is 0 Å². The van der Waals surface area contributed by atoms with Gasteiger partial charge in [-0.25, -0.2) is 0 Å². The molecular weight excluding hydrogens is 254 g/mol. The number of rotatable bonds is 6. The molecule has 0 radical (unpaired) electrons. The van der Waals surface area contributed by atoms with Gasteiger partial charge in [0.05, 0.1) is 0 Å². The molecule has 0 heterocycles. The topological polar surface area (TPSA) is 12.5 Å². The average Bonchev–Trinajstić information content (AvgIpc) is 2.26. The Hall–Kier alpha value is -0.540.